The highest BCUT2D eigenvalue weighted by Gasteiger charge is 2.33. The normalized spacial score (nSPS) is 15.8. The SMILES string of the molecule is N#Cc1c[nH]c(/C=C2\C(=O)Nc3cc(Nc4cccc(NC(=O)c5cc(N6CCC(O)CC6)cc(C(F)(F)F)c5)c4)ccc32)c1. The van der Waals surface area contributed by atoms with Crippen LogP contribution in [-0.2, 0) is 11.0 Å². The van der Waals surface area contributed by atoms with Gasteiger partial charge in [0.15, 0.2) is 0 Å². The molecule has 0 spiro atoms. The summed E-state index contributed by atoms with van der Waals surface area (Å²) in [5, 5.41) is 27.6. The second-order valence-electron chi connectivity index (χ2n) is 10.9. The minimum atomic E-state index is -4.64. The van der Waals surface area contributed by atoms with Crippen molar-refractivity contribution in [3.63, 3.8) is 0 Å². The van der Waals surface area contributed by atoms with Crippen LogP contribution in [0.15, 0.2) is 72.9 Å². The Labute approximate surface area is 256 Å². The first-order valence-corrected chi connectivity index (χ1v) is 14.2. The number of aromatic amines is 1. The van der Waals surface area contributed by atoms with Gasteiger partial charge in [0.25, 0.3) is 11.8 Å². The van der Waals surface area contributed by atoms with Crippen LogP contribution in [0.3, 0.4) is 0 Å². The summed E-state index contributed by atoms with van der Waals surface area (Å²) in [6.07, 6.45) is -1.03. The third kappa shape index (κ3) is 6.53. The van der Waals surface area contributed by atoms with Crippen molar-refractivity contribution in [2.75, 3.05) is 33.9 Å². The number of hydrogen-bond acceptors (Lipinski definition) is 6. The van der Waals surface area contributed by atoms with Crippen LogP contribution in [0.2, 0.25) is 0 Å². The fourth-order valence-corrected chi connectivity index (χ4v) is 5.39. The summed E-state index contributed by atoms with van der Waals surface area (Å²) < 4.78 is 41.2. The lowest BCUT2D eigenvalue weighted by Crippen LogP contribution is -2.36. The molecule has 2 aliphatic heterocycles. The Kier molecular flexibility index (Phi) is 7.78. The van der Waals surface area contributed by atoms with Crippen molar-refractivity contribution in [2.24, 2.45) is 0 Å². The zero-order valence-corrected chi connectivity index (χ0v) is 23.7. The Balaban J connectivity index is 1.18. The fraction of sp³-hybridized carbons (Fsp3) is 0.182. The molecule has 12 heteroatoms. The molecule has 0 unspecified atom stereocenters. The zero-order valence-electron chi connectivity index (χ0n) is 23.7. The minimum absolute atomic E-state index is 0.134. The number of rotatable bonds is 6. The molecule has 0 bridgehead atoms. The lowest BCUT2D eigenvalue weighted by atomic mass is 10.0. The maximum Gasteiger partial charge on any atom is 0.416 e. The van der Waals surface area contributed by atoms with E-state index in [9.17, 15) is 27.9 Å². The quantitative estimate of drug-likeness (QED) is 0.161. The number of nitrogens with zero attached hydrogens (tertiary/aromatic N) is 2. The highest BCUT2D eigenvalue weighted by atomic mass is 19.4. The van der Waals surface area contributed by atoms with E-state index in [0.29, 0.717) is 71.1 Å². The summed E-state index contributed by atoms with van der Waals surface area (Å²) >= 11 is 0. The summed E-state index contributed by atoms with van der Waals surface area (Å²) in [5.41, 5.74) is 3.65. The summed E-state index contributed by atoms with van der Waals surface area (Å²) in [5.74, 6) is -0.976. The molecular formula is C33H27F3N6O3. The molecule has 0 aliphatic carbocycles. The molecule has 2 amide bonds. The number of fused-ring (bicyclic) bond motifs is 1. The highest BCUT2D eigenvalue weighted by Crippen LogP contribution is 2.37. The van der Waals surface area contributed by atoms with Crippen molar-refractivity contribution in [1.82, 2.24) is 4.98 Å². The average molecular weight is 613 g/mol. The number of nitriles is 1. The monoisotopic (exact) mass is 612 g/mol. The molecule has 228 valence electrons. The second kappa shape index (κ2) is 11.9. The summed E-state index contributed by atoms with van der Waals surface area (Å²) in [4.78, 5) is 30.5. The van der Waals surface area contributed by atoms with E-state index >= 15 is 0 Å². The first kappa shape index (κ1) is 29.5. The van der Waals surface area contributed by atoms with E-state index in [2.05, 4.69) is 20.9 Å². The van der Waals surface area contributed by atoms with Crippen molar-refractivity contribution in [3.8, 4) is 6.07 Å². The number of aliphatic hydroxyl groups excluding tert-OH is 1. The number of alkyl halides is 3. The number of hydrogen-bond donors (Lipinski definition) is 5. The van der Waals surface area contributed by atoms with Gasteiger partial charge in [0.1, 0.15) is 6.07 Å². The Morgan fingerprint density at radius 1 is 1.02 bits per heavy atom. The van der Waals surface area contributed by atoms with Crippen LogP contribution < -0.4 is 20.9 Å². The van der Waals surface area contributed by atoms with Crippen molar-refractivity contribution in [2.45, 2.75) is 25.1 Å². The number of halogens is 3. The summed E-state index contributed by atoms with van der Waals surface area (Å²) in [7, 11) is 0. The van der Waals surface area contributed by atoms with Crippen LogP contribution in [-0.4, -0.2) is 41.1 Å². The number of H-pyrrole nitrogens is 1. The van der Waals surface area contributed by atoms with Crippen LogP contribution >= 0.6 is 0 Å². The molecule has 0 radical (unpaired) electrons. The Morgan fingerprint density at radius 3 is 2.51 bits per heavy atom. The van der Waals surface area contributed by atoms with Gasteiger partial charge < -0.3 is 30.9 Å². The maximum atomic E-state index is 13.7. The highest BCUT2D eigenvalue weighted by molar-refractivity contribution is 6.35. The first-order valence-electron chi connectivity index (χ1n) is 14.2. The Morgan fingerprint density at radius 2 is 1.78 bits per heavy atom. The third-order valence-corrected chi connectivity index (χ3v) is 7.68. The van der Waals surface area contributed by atoms with Gasteiger partial charge in [-0.1, -0.05) is 12.1 Å². The molecule has 0 atom stereocenters. The van der Waals surface area contributed by atoms with Crippen molar-refractivity contribution in [3.05, 3.63) is 101 Å². The molecule has 4 aromatic rings. The van der Waals surface area contributed by atoms with Gasteiger partial charge in [0.05, 0.1) is 28.5 Å². The van der Waals surface area contributed by atoms with E-state index in [-0.39, 0.29) is 17.2 Å². The predicted molar refractivity (Wildman–Crippen MR) is 165 cm³/mol. The van der Waals surface area contributed by atoms with Crippen LogP contribution in [0.4, 0.5) is 41.6 Å². The second-order valence-corrected chi connectivity index (χ2v) is 10.9. The van der Waals surface area contributed by atoms with Gasteiger partial charge in [-0.3, -0.25) is 9.59 Å². The number of benzene rings is 3. The molecule has 1 saturated heterocycles. The number of carbonyl (C=O) groups excluding carboxylic acids is 2. The Hall–Kier alpha value is -5.54. The fourth-order valence-electron chi connectivity index (χ4n) is 5.39. The molecular weight excluding hydrogens is 585 g/mol. The van der Waals surface area contributed by atoms with Crippen molar-refractivity contribution >= 4 is 51.9 Å². The molecule has 1 aromatic heterocycles. The lowest BCUT2D eigenvalue weighted by Gasteiger charge is -2.32. The van der Waals surface area contributed by atoms with Gasteiger partial charge in [0.2, 0.25) is 0 Å². The average Bonchev–Trinajstić information content (AvgIpc) is 3.60. The maximum absolute atomic E-state index is 13.7. The van der Waals surface area contributed by atoms with Crippen molar-refractivity contribution < 1.29 is 27.9 Å². The van der Waals surface area contributed by atoms with Gasteiger partial charge in [-0.2, -0.15) is 18.4 Å². The van der Waals surface area contributed by atoms with Crippen LogP contribution in [0.5, 0.6) is 0 Å². The number of aromatic nitrogens is 1. The molecule has 0 saturated carbocycles. The molecule has 1 fully saturated rings. The van der Waals surface area contributed by atoms with Gasteiger partial charge in [-0.15, -0.1) is 0 Å². The number of anilines is 5. The summed E-state index contributed by atoms with van der Waals surface area (Å²) in [6.45, 7) is 0.772. The number of piperidine rings is 1. The van der Waals surface area contributed by atoms with Gasteiger partial charge in [0, 0.05) is 58.9 Å². The first-order chi connectivity index (χ1) is 21.6. The van der Waals surface area contributed by atoms with Crippen LogP contribution in [0.1, 0.15) is 45.6 Å². The van der Waals surface area contributed by atoms with E-state index in [1.165, 1.54) is 6.07 Å². The van der Waals surface area contributed by atoms with Gasteiger partial charge >= 0.3 is 6.18 Å². The van der Waals surface area contributed by atoms with Gasteiger partial charge in [-0.05, 0) is 73.5 Å². The predicted octanol–water partition coefficient (Wildman–Crippen LogP) is 6.35. The minimum Gasteiger partial charge on any atom is -0.393 e. The van der Waals surface area contributed by atoms with Crippen LogP contribution in [0.25, 0.3) is 11.6 Å². The molecule has 3 aromatic carbocycles. The topological polar surface area (TPSA) is 133 Å². The zero-order chi connectivity index (χ0) is 31.7. The number of amides is 2. The molecule has 9 nitrogen and oxygen atoms in total. The number of aliphatic hydroxyl groups is 1. The Bertz CT molecular complexity index is 1870. The molecule has 5 N–H and O–H groups in total. The number of nitrogens with one attached hydrogen (secondary N) is 4. The summed E-state index contributed by atoms with van der Waals surface area (Å²) in [6, 6.07) is 19.0. The number of carbonyl (C=O) groups is 2. The standard InChI is InChI=1S/C33H27F3N6O3/c34-33(35,36)21-11-20(12-26(13-21)42-8-6-27(43)7-9-42)31(44)40-23-3-1-2-22(14-23)39-24-4-5-28-29(32(45)41-30(28)16-24)15-25-10-19(17-37)18-38-25/h1-5,10-16,18,27,38-39,43H,6-9H2,(H,40,44)(H,41,45)/b29-15-. The van der Waals surface area contributed by atoms with E-state index in [1.54, 1.807) is 65.7 Å². The van der Waals surface area contributed by atoms with E-state index in [1.807, 2.05) is 6.07 Å². The molecule has 6 rings (SSSR count). The van der Waals surface area contributed by atoms with E-state index in [4.69, 9.17) is 5.26 Å². The lowest BCUT2D eigenvalue weighted by molar-refractivity contribution is -0.137. The van der Waals surface area contributed by atoms with E-state index < -0.39 is 23.8 Å². The molecule has 2 aliphatic rings. The third-order valence-electron chi connectivity index (χ3n) is 7.68. The van der Waals surface area contributed by atoms with Crippen molar-refractivity contribution in [1.29, 1.82) is 5.26 Å². The molecule has 45 heavy (non-hydrogen) atoms. The smallest absolute Gasteiger partial charge is 0.393 e. The van der Waals surface area contributed by atoms with E-state index in [0.717, 1.165) is 12.1 Å². The molecule has 3 heterocycles. The van der Waals surface area contributed by atoms with Crippen LogP contribution in [0, 0.1) is 11.3 Å². The van der Waals surface area contributed by atoms with Gasteiger partial charge in [-0.25, -0.2) is 0 Å². The largest absolute Gasteiger partial charge is 0.416 e.